The lowest BCUT2D eigenvalue weighted by Gasteiger charge is -2.10. The van der Waals surface area contributed by atoms with Crippen LogP contribution in [0.15, 0.2) is 24.3 Å². The molecule has 0 aliphatic rings. The van der Waals surface area contributed by atoms with Gasteiger partial charge in [0.2, 0.25) is 0 Å². The number of carbonyl (C=O) groups excluding carboxylic acids is 1. The minimum Gasteiger partial charge on any atom is -0.367 e. The zero-order valence-electron chi connectivity index (χ0n) is 10.5. The van der Waals surface area contributed by atoms with E-state index in [2.05, 4.69) is 19.1 Å². The van der Waals surface area contributed by atoms with Crippen LogP contribution in [0.25, 0.3) is 0 Å². The summed E-state index contributed by atoms with van der Waals surface area (Å²) in [6.07, 6.45) is 2.24. The van der Waals surface area contributed by atoms with Gasteiger partial charge in [-0.2, -0.15) is 0 Å². The van der Waals surface area contributed by atoms with Crippen LogP contribution in [-0.4, -0.2) is 24.6 Å². The molecule has 0 unspecified atom stereocenters. The first-order valence-electron chi connectivity index (χ1n) is 5.80. The third kappa shape index (κ3) is 4.97. The highest BCUT2D eigenvalue weighted by atomic mass is 16.5. The Morgan fingerprint density at radius 2 is 1.88 bits per heavy atom. The lowest BCUT2D eigenvalue weighted by atomic mass is 10.1. The number of benzene rings is 1. The van der Waals surface area contributed by atoms with Crippen molar-refractivity contribution in [2.75, 3.05) is 13.7 Å². The second-order valence-corrected chi connectivity index (χ2v) is 4.06. The van der Waals surface area contributed by atoms with Gasteiger partial charge in [0, 0.05) is 7.05 Å². The molecule has 0 saturated heterocycles. The molecule has 0 aromatic heterocycles. The molecule has 0 atom stereocenters. The second kappa shape index (κ2) is 7.04. The van der Waals surface area contributed by atoms with Crippen LogP contribution in [0.5, 0.6) is 0 Å². The van der Waals surface area contributed by atoms with Gasteiger partial charge in [0.25, 0.3) is 5.91 Å². The number of aryl methyl sites for hydroxylation is 1. The molecule has 4 nitrogen and oxygen atoms in total. The average molecular weight is 236 g/mol. The molecule has 0 heterocycles. The summed E-state index contributed by atoms with van der Waals surface area (Å²) in [5.41, 5.74) is 2.39. The number of hydrazine groups is 1. The number of hydrogen-bond acceptors (Lipinski definition) is 3. The van der Waals surface area contributed by atoms with Crippen molar-refractivity contribution in [2.45, 2.75) is 26.4 Å². The van der Waals surface area contributed by atoms with Crippen LogP contribution in [0, 0.1) is 0 Å². The molecule has 4 heteroatoms. The topological polar surface area (TPSA) is 55.6 Å². The van der Waals surface area contributed by atoms with Gasteiger partial charge in [0.1, 0.15) is 6.61 Å². The van der Waals surface area contributed by atoms with E-state index in [-0.39, 0.29) is 12.5 Å². The zero-order valence-corrected chi connectivity index (χ0v) is 10.5. The summed E-state index contributed by atoms with van der Waals surface area (Å²) < 4.78 is 5.27. The maximum atomic E-state index is 11.1. The number of rotatable bonds is 6. The molecule has 1 amide bonds. The number of ether oxygens (including phenoxy) is 1. The van der Waals surface area contributed by atoms with Crippen molar-refractivity contribution in [3.05, 3.63) is 35.4 Å². The molecule has 1 aromatic rings. The molecule has 2 N–H and O–H groups in total. The molecule has 94 valence electrons. The van der Waals surface area contributed by atoms with E-state index in [1.54, 1.807) is 0 Å². The number of nitrogens with two attached hydrogens (primary N) is 1. The molecule has 0 bridgehead atoms. The Labute approximate surface area is 102 Å². The normalized spacial score (nSPS) is 10.3. The highest BCUT2D eigenvalue weighted by Crippen LogP contribution is 2.07. The summed E-state index contributed by atoms with van der Waals surface area (Å²) in [6.45, 7) is 2.61. The van der Waals surface area contributed by atoms with Crippen molar-refractivity contribution in [2.24, 2.45) is 5.84 Å². The first-order valence-corrected chi connectivity index (χ1v) is 5.80. The highest BCUT2D eigenvalue weighted by molar-refractivity contribution is 5.76. The molecule has 0 aliphatic heterocycles. The van der Waals surface area contributed by atoms with Crippen molar-refractivity contribution < 1.29 is 9.53 Å². The van der Waals surface area contributed by atoms with Crippen LogP contribution < -0.4 is 5.84 Å². The molecule has 17 heavy (non-hydrogen) atoms. The monoisotopic (exact) mass is 236 g/mol. The number of carbonyl (C=O) groups is 1. The van der Waals surface area contributed by atoms with Crippen molar-refractivity contribution in [3.8, 4) is 0 Å². The van der Waals surface area contributed by atoms with Crippen molar-refractivity contribution in [1.29, 1.82) is 0 Å². The van der Waals surface area contributed by atoms with Crippen molar-refractivity contribution in [3.63, 3.8) is 0 Å². The molecule has 0 aliphatic carbocycles. The van der Waals surface area contributed by atoms with E-state index in [1.807, 2.05) is 12.1 Å². The maximum absolute atomic E-state index is 11.1. The summed E-state index contributed by atoms with van der Waals surface area (Å²) in [4.78, 5) is 11.1. The Morgan fingerprint density at radius 1 is 1.29 bits per heavy atom. The van der Waals surface area contributed by atoms with Crippen LogP contribution in [-0.2, 0) is 22.6 Å². The predicted octanol–water partition coefficient (Wildman–Crippen LogP) is 1.49. The molecule has 1 aromatic carbocycles. The number of likely N-dealkylation sites (N-methyl/N-ethyl adjacent to an activating group) is 1. The van der Waals surface area contributed by atoms with Crippen LogP contribution in [0.1, 0.15) is 24.5 Å². The molecule has 1 rings (SSSR count). The van der Waals surface area contributed by atoms with Gasteiger partial charge in [-0.05, 0) is 17.5 Å². The Hall–Kier alpha value is -1.39. The van der Waals surface area contributed by atoms with E-state index in [0.717, 1.165) is 23.4 Å². The standard InChI is InChI=1S/C13H20N2O2/c1-3-4-11-5-7-12(8-6-11)9-17-10-13(16)15(2)14/h5-8H,3-4,9-10,14H2,1-2H3. The first kappa shape index (κ1) is 13.7. The SMILES string of the molecule is CCCc1ccc(COCC(=O)N(C)N)cc1. The molecule has 0 radical (unpaired) electrons. The van der Waals surface area contributed by atoms with Crippen molar-refractivity contribution in [1.82, 2.24) is 5.01 Å². The highest BCUT2D eigenvalue weighted by Gasteiger charge is 2.04. The van der Waals surface area contributed by atoms with Crippen molar-refractivity contribution >= 4 is 5.91 Å². The molecular formula is C13H20N2O2. The smallest absolute Gasteiger partial charge is 0.262 e. The summed E-state index contributed by atoms with van der Waals surface area (Å²) in [7, 11) is 1.51. The molecule has 0 spiro atoms. The van der Waals surface area contributed by atoms with Crippen LogP contribution in [0.2, 0.25) is 0 Å². The summed E-state index contributed by atoms with van der Waals surface area (Å²) in [5.74, 6) is 5.04. The molecule has 0 fully saturated rings. The number of nitrogens with zero attached hydrogens (tertiary/aromatic N) is 1. The minimum absolute atomic E-state index is 0.0176. The van der Waals surface area contributed by atoms with E-state index in [1.165, 1.54) is 12.6 Å². The Balaban J connectivity index is 2.34. The quantitative estimate of drug-likeness (QED) is 0.462. The molecular weight excluding hydrogens is 216 g/mol. The van der Waals surface area contributed by atoms with Gasteiger partial charge >= 0.3 is 0 Å². The lowest BCUT2D eigenvalue weighted by molar-refractivity contribution is -0.135. The fourth-order valence-electron chi connectivity index (χ4n) is 1.45. The van der Waals surface area contributed by atoms with Crippen LogP contribution in [0.4, 0.5) is 0 Å². The second-order valence-electron chi connectivity index (χ2n) is 4.06. The third-order valence-corrected chi connectivity index (χ3v) is 2.45. The first-order chi connectivity index (χ1) is 8.13. The van der Waals surface area contributed by atoms with Gasteiger partial charge in [-0.25, -0.2) is 5.84 Å². The summed E-state index contributed by atoms with van der Waals surface area (Å²) in [5, 5.41) is 1.03. The zero-order chi connectivity index (χ0) is 12.7. The average Bonchev–Trinajstić information content (AvgIpc) is 2.31. The third-order valence-electron chi connectivity index (χ3n) is 2.45. The fraction of sp³-hybridized carbons (Fsp3) is 0.462. The predicted molar refractivity (Wildman–Crippen MR) is 67.1 cm³/mol. The van der Waals surface area contributed by atoms with E-state index in [0.29, 0.717) is 6.61 Å². The Kier molecular flexibility index (Phi) is 5.66. The van der Waals surface area contributed by atoms with E-state index < -0.39 is 0 Å². The van der Waals surface area contributed by atoms with Gasteiger partial charge in [-0.3, -0.25) is 9.80 Å². The van der Waals surface area contributed by atoms with Gasteiger partial charge in [-0.1, -0.05) is 37.6 Å². The maximum Gasteiger partial charge on any atom is 0.262 e. The van der Waals surface area contributed by atoms with Crippen LogP contribution in [0.3, 0.4) is 0 Å². The minimum atomic E-state index is -0.229. The van der Waals surface area contributed by atoms with Crippen LogP contribution >= 0.6 is 0 Å². The van der Waals surface area contributed by atoms with Gasteiger partial charge in [-0.15, -0.1) is 0 Å². The van der Waals surface area contributed by atoms with Gasteiger partial charge < -0.3 is 4.74 Å². The summed E-state index contributed by atoms with van der Waals surface area (Å²) in [6, 6.07) is 8.25. The number of amides is 1. The van der Waals surface area contributed by atoms with Gasteiger partial charge in [0.15, 0.2) is 0 Å². The summed E-state index contributed by atoms with van der Waals surface area (Å²) >= 11 is 0. The van der Waals surface area contributed by atoms with E-state index >= 15 is 0 Å². The lowest BCUT2D eigenvalue weighted by Crippen LogP contribution is -2.35. The van der Waals surface area contributed by atoms with Gasteiger partial charge in [0.05, 0.1) is 6.61 Å². The van der Waals surface area contributed by atoms with E-state index in [9.17, 15) is 4.79 Å². The Morgan fingerprint density at radius 3 is 2.41 bits per heavy atom. The largest absolute Gasteiger partial charge is 0.367 e. The fourth-order valence-corrected chi connectivity index (χ4v) is 1.45. The Bertz CT molecular complexity index is 347. The molecule has 0 saturated carbocycles. The van der Waals surface area contributed by atoms with E-state index in [4.69, 9.17) is 10.6 Å². The number of hydrogen-bond donors (Lipinski definition) is 1.